The molecular weight excluding hydrogens is 637 g/mol. The summed E-state index contributed by atoms with van der Waals surface area (Å²) in [6.45, 7) is 7.59. The lowest BCUT2D eigenvalue weighted by molar-refractivity contribution is -0.274. The third-order valence-electron chi connectivity index (χ3n) is 7.20. The largest absolute Gasteiger partial charge is 0.573 e. The standard InChI is InChI=1S/C31H30ClF3N2O5S2/c1-18(2)41-25-14-21(15-26(17-25)42-31(33,34)35)30(3,4)20-12-22(32)16-23(13-20)36-29(38)28-11-19-10-24(6-7-27(19)43-28)37-8-5-9-44(37,39)40/h6-7,10-18H,5,8-9H2,1-4H3,(H,36,38). The van der Waals surface area contributed by atoms with Crippen molar-refractivity contribution in [1.29, 1.82) is 0 Å². The molecule has 0 unspecified atom stereocenters. The van der Waals surface area contributed by atoms with Crippen molar-refractivity contribution >= 4 is 60.3 Å². The van der Waals surface area contributed by atoms with Gasteiger partial charge in [0.2, 0.25) is 10.0 Å². The van der Waals surface area contributed by atoms with E-state index in [0.717, 1.165) is 10.1 Å². The van der Waals surface area contributed by atoms with Crippen LogP contribution in [0, 0.1) is 0 Å². The Hall–Kier alpha value is -3.48. The average molecular weight is 667 g/mol. The summed E-state index contributed by atoms with van der Waals surface area (Å²) in [5.74, 6) is -0.471. The lowest BCUT2D eigenvalue weighted by atomic mass is 9.78. The fourth-order valence-electron chi connectivity index (χ4n) is 5.07. The van der Waals surface area contributed by atoms with E-state index < -0.39 is 27.6 Å². The Morgan fingerprint density at radius 1 is 1.00 bits per heavy atom. The van der Waals surface area contributed by atoms with Crippen LogP contribution in [-0.2, 0) is 15.4 Å². The number of sulfonamides is 1. The minimum absolute atomic E-state index is 0.112. The van der Waals surface area contributed by atoms with E-state index in [9.17, 15) is 26.4 Å². The molecule has 0 radical (unpaired) electrons. The Bertz CT molecular complexity index is 1840. The first-order valence-electron chi connectivity index (χ1n) is 13.7. The predicted molar refractivity (Wildman–Crippen MR) is 168 cm³/mol. The van der Waals surface area contributed by atoms with Crippen LogP contribution in [0.3, 0.4) is 0 Å². The van der Waals surface area contributed by atoms with E-state index in [1.165, 1.54) is 27.8 Å². The van der Waals surface area contributed by atoms with Crippen molar-refractivity contribution in [1.82, 2.24) is 0 Å². The van der Waals surface area contributed by atoms with Crippen molar-refractivity contribution in [2.24, 2.45) is 0 Å². The van der Waals surface area contributed by atoms with Gasteiger partial charge in [0.25, 0.3) is 5.91 Å². The molecule has 0 bridgehead atoms. The Kier molecular flexibility index (Phi) is 8.56. The quantitative estimate of drug-likeness (QED) is 0.204. The van der Waals surface area contributed by atoms with Crippen molar-refractivity contribution in [3.8, 4) is 11.5 Å². The van der Waals surface area contributed by atoms with Gasteiger partial charge in [0.1, 0.15) is 11.5 Å². The maximum atomic E-state index is 13.3. The number of alkyl halides is 3. The van der Waals surface area contributed by atoms with Crippen LogP contribution in [0.1, 0.15) is 54.9 Å². The Morgan fingerprint density at radius 3 is 2.36 bits per heavy atom. The molecule has 0 atom stereocenters. The van der Waals surface area contributed by atoms with Crippen LogP contribution in [0.2, 0.25) is 5.02 Å². The molecule has 13 heteroatoms. The molecule has 1 aliphatic heterocycles. The van der Waals surface area contributed by atoms with E-state index in [-0.39, 0.29) is 23.5 Å². The summed E-state index contributed by atoms with van der Waals surface area (Å²) in [6, 6.07) is 16.1. The van der Waals surface area contributed by atoms with E-state index in [1.807, 2.05) is 13.8 Å². The second-order valence-corrected chi connectivity index (χ2v) is 14.8. The normalized spacial score (nSPS) is 15.2. The monoisotopic (exact) mass is 666 g/mol. The molecule has 1 amide bonds. The number of halogens is 4. The van der Waals surface area contributed by atoms with Gasteiger partial charge in [0, 0.05) is 33.4 Å². The van der Waals surface area contributed by atoms with Crippen molar-refractivity contribution in [2.75, 3.05) is 21.9 Å². The fraction of sp³-hybridized carbons (Fsp3) is 0.323. The first-order chi connectivity index (χ1) is 20.5. The molecule has 1 N–H and O–H groups in total. The number of hydrogen-bond donors (Lipinski definition) is 1. The molecule has 3 aromatic carbocycles. The molecule has 234 valence electrons. The predicted octanol–water partition coefficient (Wildman–Crippen LogP) is 8.36. The molecule has 5 rings (SSSR count). The Labute approximate surface area is 262 Å². The lowest BCUT2D eigenvalue weighted by Gasteiger charge is -2.28. The average Bonchev–Trinajstić information content (AvgIpc) is 3.48. The number of benzene rings is 3. The van der Waals surface area contributed by atoms with Gasteiger partial charge in [-0.2, -0.15) is 0 Å². The van der Waals surface area contributed by atoms with Crippen LogP contribution in [-0.4, -0.2) is 39.1 Å². The van der Waals surface area contributed by atoms with Gasteiger partial charge in [-0.3, -0.25) is 9.10 Å². The first kappa shape index (κ1) is 31.9. The van der Waals surface area contributed by atoms with E-state index in [0.29, 0.717) is 45.4 Å². The number of anilines is 2. The zero-order chi connectivity index (χ0) is 32.0. The summed E-state index contributed by atoms with van der Waals surface area (Å²) in [6.07, 6.45) is -4.60. The summed E-state index contributed by atoms with van der Waals surface area (Å²) >= 11 is 7.72. The molecule has 1 saturated heterocycles. The fourth-order valence-corrected chi connectivity index (χ4v) is 7.80. The molecule has 1 aromatic heterocycles. The van der Waals surface area contributed by atoms with Crippen LogP contribution in [0.15, 0.2) is 60.7 Å². The number of carbonyl (C=O) groups excluding carboxylic acids is 1. The van der Waals surface area contributed by atoms with E-state index in [1.54, 1.807) is 62.4 Å². The lowest BCUT2D eigenvalue weighted by Crippen LogP contribution is -2.24. The SMILES string of the molecule is CC(C)Oc1cc(OC(F)(F)F)cc(C(C)(C)c2cc(Cl)cc(NC(=O)c3cc4cc(N5CCCS5(=O)=O)ccc4s3)c2)c1. The van der Waals surface area contributed by atoms with Crippen molar-refractivity contribution < 1.29 is 35.9 Å². The minimum Gasteiger partial charge on any atom is -0.491 e. The van der Waals surface area contributed by atoms with Gasteiger partial charge in [0.05, 0.1) is 22.4 Å². The van der Waals surface area contributed by atoms with Gasteiger partial charge in [-0.25, -0.2) is 8.42 Å². The highest BCUT2D eigenvalue weighted by Crippen LogP contribution is 2.40. The number of rotatable bonds is 8. The van der Waals surface area contributed by atoms with Gasteiger partial charge in [-0.1, -0.05) is 25.4 Å². The third kappa shape index (κ3) is 7.08. The second-order valence-electron chi connectivity index (χ2n) is 11.3. The molecule has 0 spiro atoms. The number of thiophene rings is 1. The molecule has 44 heavy (non-hydrogen) atoms. The number of hydrogen-bond acceptors (Lipinski definition) is 6. The highest BCUT2D eigenvalue weighted by molar-refractivity contribution is 7.93. The number of amides is 1. The van der Waals surface area contributed by atoms with Crippen molar-refractivity contribution in [3.05, 3.63) is 81.7 Å². The van der Waals surface area contributed by atoms with Crippen molar-refractivity contribution in [2.45, 2.75) is 52.0 Å². The zero-order valence-corrected chi connectivity index (χ0v) is 26.7. The Morgan fingerprint density at radius 2 is 1.70 bits per heavy atom. The third-order valence-corrected chi connectivity index (χ3v) is 10.4. The summed E-state index contributed by atoms with van der Waals surface area (Å²) in [4.78, 5) is 13.7. The number of nitrogens with one attached hydrogen (secondary N) is 1. The van der Waals surface area contributed by atoms with Crippen LogP contribution < -0.4 is 19.1 Å². The van der Waals surface area contributed by atoms with Gasteiger partial charge >= 0.3 is 6.36 Å². The van der Waals surface area contributed by atoms with Crippen molar-refractivity contribution in [3.63, 3.8) is 0 Å². The van der Waals surface area contributed by atoms with Crippen LogP contribution >= 0.6 is 22.9 Å². The summed E-state index contributed by atoms with van der Waals surface area (Å²) < 4.78 is 76.1. The minimum atomic E-state index is -4.88. The summed E-state index contributed by atoms with van der Waals surface area (Å²) in [7, 11) is -3.34. The zero-order valence-electron chi connectivity index (χ0n) is 24.3. The van der Waals surface area contributed by atoms with Gasteiger partial charge in [0.15, 0.2) is 0 Å². The molecule has 4 aromatic rings. The van der Waals surface area contributed by atoms with Gasteiger partial charge in [-0.15, -0.1) is 24.5 Å². The molecule has 1 fully saturated rings. The van der Waals surface area contributed by atoms with Crippen LogP contribution in [0.4, 0.5) is 24.5 Å². The number of ether oxygens (including phenoxy) is 2. The maximum Gasteiger partial charge on any atom is 0.573 e. The molecule has 7 nitrogen and oxygen atoms in total. The highest BCUT2D eigenvalue weighted by atomic mass is 35.5. The Balaban J connectivity index is 1.43. The van der Waals surface area contributed by atoms with Gasteiger partial charge < -0.3 is 14.8 Å². The van der Waals surface area contributed by atoms with E-state index in [2.05, 4.69) is 10.1 Å². The second kappa shape index (κ2) is 11.8. The van der Waals surface area contributed by atoms with E-state index >= 15 is 0 Å². The number of carbonyl (C=O) groups is 1. The molecule has 0 aliphatic carbocycles. The van der Waals surface area contributed by atoms with Gasteiger partial charge in [-0.05, 0) is 91.4 Å². The summed E-state index contributed by atoms with van der Waals surface area (Å²) in [5, 5.41) is 3.93. The van der Waals surface area contributed by atoms with E-state index in [4.69, 9.17) is 16.3 Å². The smallest absolute Gasteiger partial charge is 0.491 e. The topological polar surface area (TPSA) is 84.9 Å². The molecule has 0 saturated carbocycles. The van der Waals surface area contributed by atoms with Crippen LogP contribution in [0.25, 0.3) is 10.1 Å². The molecule has 1 aliphatic rings. The molecular formula is C31H30ClF3N2O5S2. The molecule has 2 heterocycles. The summed E-state index contributed by atoms with van der Waals surface area (Å²) in [5.41, 5.74) is 1.19. The number of nitrogens with zero attached hydrogens (tertiary/aromatic N) is 1. The highest BCUT2D eigenvalue weighted by Gasteiger charge is 2.33. The number of fused-ring (bicyclic) bond motifs is 1. The maximum absolute atomic E-state index is 13.3. The van der Waals surface area contributed by atoms with Crippen LogP contribution in [0.5, 0.6) is 11.5 Å². The first-order valence-corrected chi connectivity index (χ1v) is 16.5.